The van der Waals surface area contributed by atoms with Crippen molar-refractivity contribution in [2.45, 2.75) is 25.7 Å². The molecule has 0 aromatic heterocycles. The van der Waals surface area contributed by atoms with Crippen molar-refractivity contribution in [2.75, 3.05) is 14.1 Å². The smallest absolute Gasteiger partial charge is 0.412 e. The van der Waals surface area contributed by atoms with Crippen LogP contribution in [0.5, 0.6) is 0 Å². The monoisotopic (exact) mass is 348 g/mol. The Labute approximate surface area is 155 Å². The fourth-order valence-electron chi connectivity index (χ4n) is 3.57. The predicted molar refractivity (Wildman–Crippen MR) is 106 cm³/mol. The van der Waals surface area contributed by atoms with E-state index in [9.17, 15) is 9.82 Å². The molecule has 1 heterocycles. The summed E-state index contributed by atoms with van der Waals surface area (Å²) < 4.78 is 0. The molecule has 1 amide bonds. The lowest BCUT2D eigenvalue weighted by Gasteiger charge is -2.25. The topological polar surface area (TPSA) is 43.8 Å². The van der Waals surface area contributed by atoms with Crippen molar-refractivity contribution in [1.29, 1.82) is 0 Å². The van der Waals surface area contributed by atoms with Crippen molar-refractivity contribution in [3.8, 4) is 11.1 Å². The minimum absolute atomic E-state index is 0.0173. The van der Waals surface area contributed by atoms with Crippen LogP contribution < -0.4 is 0 Å². The molecule has 1 aliphatic heterocycles. The van der Waals surface area contributed by atoms with Crippen molar-refractivity contribution in [3.63, 3.8) is 0 Å². The minimum Gasteiger partial charge on any atom is -0.432 e. The molecular weight excluding hydrogens is 323 g/mol. The average molecular weight is 348 g/mol. The molecule has 134 valence electrons. The summed E-state index contributed by atoms with van der Waals surface area (Å²) in [5, 5.41) is 10.1. The molecule has 4 nitrogen and oxygen atoms in total. The van der Waals surface area contributed by atoms with Crippen molar-refractivity contribution in [2.24, 2.45) is 0 Å². The maximum absolute atomic E-state index is 12.6. The van der Waals surface area contributed by atoms with Crippen LogP contribution >= 0.6 is 0 Å². The van der Waals surface area contributed by atoms with E-state index in [1.165, 1.54) is 16.7 Å². The molecule has 1 N–H and O–H groups in total. The third-order valence-corrected chi connectivity index (χ3v) is 4.71. The van der Waals surface area contributed by atoms with Crippen molar-refractivity contribution in [3.05, 3.63) is 71.9 Å². The van der Waals surface area contributed by atoms with Crippen LogP contribution in [0.25, 0.3) is 11.1 Å². The number of amides is 1. The minimum atomic E-state index is -0.788. The lowest BCUT2D eigenvalue weighted by Crippen LogP contribution is -2.44. The first-order valence-corrected chi connectivity index (χ1v) is 8.98. The summed E-state index contributed by atoms with van der Waals surface area (Å²) in [6, 6.07) is 18.7. The van der Waals surface area contributed by atoms with E-state index in [0.717, 1.165) is 12.0 Å². The van der Waals surface area contributed by atoms with Gasteiger partial charge in [-0.25, -0.2) is 0 Å². The largest absolute Gasteiger partial charge is 0.432 e. The van der Waals surface area contributed by atoms with E-state index in [2.05, 4.69) is 36.4 Å². The van der Waals surface area contributed by atoms with Gasteiger partial charge in [-0.2, -0.15) is 0 Å². The number of hydrogen-bond donors (Lipinski definition) is 1. The molecule has 2 aromatic carbocycles. The molecule has 26 heavy (non-hydrogen) atoms. The van der Waals surface area contributed by atoms with E-state index in [0.29, 0.717) is 6.42 Å². The number of rotatable bonds is 5. The fraction of sp³-hybridized carbons (Fsp3) is 0.286. The first-order valence-electron chi connectivity index (χ1n) is 8.98. The molecule has 0 radical (unpaired) electrons. The van der Waals surface area contributed by atoms with E-state index < -0.39 is 7.05 Å². The highest BCUT2D eigenvalue weighted by atomic mass is 16.2. The van der Waals surface area contributed by atoms with Gasteiger partial charge in [-0.3, -0.25) is 4.79 Å². The van der Waals surface area contributed by atoms with Gasteiger partial charge in [0, 0.05) is 31.9 Å². The van der Waals surface area contributed by atoms with Crippen LogP contribution in [0.3, 0.4) is 0 Å². The van der Waals surface area contributed by atoms with Crippen molar-refractivity contribution in [1.82, 2.24) is 9.71 Å². The molecule has 0 spiro atoms. The Morgan fingerprint density at radius 1 is 1.12 bits per heavy atom. The Morgan fingerprint density at radius 3 is 2.31 bits per heavy atom. The molecule has 1 fully saturated rings. The quantitative estimate of drug-likeness (QED) is 0.667. The van der Waals surface area contributed by atoms with Crippen LogP contribution in [0.15, 0.2) is 66.4 Å². The van der Waals surface area contributed by atoms with E-state index in [1.807, 2.05) is 43.4 Å². The third-order valence-electron chi connectivity index (χ3n) is 4.71. The van der Waals surface area contributed by atoms with Gasteiger partial charge in [0.25, 0.3) is 0 Å². The highest BCUT2D eigenvalue weighted by molar-refractivity contribution is 6.50. The van der Waals surface area contributed by atoms with E-state index >= 15 is 0 Å². The van der Waals surface area contributed by atoms with Crippen LogP contribution in [0.4, 0.5) is 0 Å². The summed E-state index contributed by atoms with van der Waals surface area (Å²) in [7, 11) is 3.02. The molecule has 1 atom stereocenters. The van der Waals surface area contributed by atoms with Gasteiger partial charge < -0.3 is 14.7 Å². The van der Waals surface area contributed by atoms with Gasteiger partial charge in [0.2, 0.25) is 5.91 Å². The summed E-state index contributed by atoms with van der Waals surface area (Å²) in [5.41, 5.74) is 4.29. The van der Waals surface area contributed by atoms with E-state index in [4.69, 9.17) is 0 Å². The van der Waals surface area contributed by atoms with Gasteiger partial charge in [0.15, 0.2) is 0 Å². The molecule has 0 saturated carbocycles. The summed E-state index contributed by atoms with van der Waals surface area (Å²) in [5.74, 6) is -0.0698. The Hall–Kier alpha value is -2.53. The first kappa shape index (κ1) is 18.3. The maximum Gasteiger partial charge on any atom is 0.412 e. The molecule has 1 saturated heterocycles. The van der Waals surface area contributed by atoms with Gasteiger partial charge >= 0.3 is 7.05 Å². The molecule has 0 aliphatic carbocycles. The maximum atomic E-state index is 12.6. The second-order valence-electron chi connectivity index (χ2n) is 7.09. The highest BCUT2D eigenvalue weighted by Crippen LogP contribution is 2.28. The van der Waals surface area contributed by atoms with Crippen molar-refractivity contribution < 1.29 is 9.82 Å². The Bertz CT molecular complexity index is 785. The van der Waals surface area contributed by atoms with Crippen LogP contribution in [0, 0.1) is 0 Å². The van der Waals surface area contributed by atoms with Gasteiger partial charge in [-0.15, -0.1) is 0 Å². The van der Waals surface area contributed by atoms with Gasteiger partial charge in [0.1, 0.15) is 0 Å². The summed E-state index contributed by atoms with van der Waals surface area (Å²) in [6.45, 7) is 1.65. The number of carbonyl (C=O) groups is 1. The SMILES string of the molecule is CB(O)N1C(=O)/C(=C/N(C)C)C[C@H]1Cc1ccc(-c2ccccc2)cc1. The van der Waals surface area contributed by atoms with Crippen LogP contribution in [-0.2, 0) is 11.2 Å². The molecule has 0 bridgehead atoms. The lowest BCUT2D eigenvalue weighted by atomic mass is 9.83. The standard InChI is InChI=1S/C21H25BN2O2/c1-22(26)24-20(14-19(21(24)25)15-23(2)3)13-16-9-11-18(12-10-16)17-7-5-4-6-8-17/h4-12,15,20,26H,13-14H2,1-3H3/b19-15+/t20-/m1/s1. The Morgan fingerprint density at radius 2 is 1.73 bits per heavy atom. The molecule has 3 rings (SSSR count). The molecule has 5 heteroatoms. The zero-order chi connectivity index (χ0) is 18.7. The normalized spacial score (nSPS) is 18.5. The predicted octanol–water partition coefficient (Wildman–Crippen LogP) is 3.05. The molecular formula is C21H25BN2O2. The third kappa shape index (κ3) is 3.99. The Kier molecular flexibility index (Phi) is 5.47. The zero-order valence-electron chi connectivity index (χ0n) is 15.6. The molecule has 0 unspecified atom stereocenters. The van der Waals surface area contributed by atoms with Gasteiger partial charge in [0.05, 0.1) is 0 Å². The Balaban J connectivity index is 1.78. The van der Waals surface area contributed by atoms with Crippen LogP contribution in [-0.4, -0.2) is 47.8 Å². The number of hydrogen-bond acceptors (Lipinski definition) is 3. The summed E-state index contributed by atoms with van der Waals surface area (Å²) >= 11 is 0. The lowest BCUT2D eigenvalue weighted by molar-refractivity contribution is -0.122. The van der Waals surface area contributed by atoms with Gasteiger partial charge in [-0.05, 0) is 36.4 Å². The van der Waals surface area contributed by atoms with Crippen molar-refractivity contribution >= 4 is 13.0 Å². The average Bonchev–Trinajstić information content (AvgIpc) is 2.91. The summed E-state index contributed by atoms with van der Waals surface area (Å²) in [6.07, 6.45) is 3.25. The molecule has 2 aromatic rings. The zero-order valence-corrected chi connectivity index (χ0v) is 15.6. The first-order chi connectivity index (χ1) is 12.5. The number of nitrogens with zero attached hydrogens (tertiary/aromatic N) is 2. The number of benzene rings is 2. The van der Waals surface area contributed by atoms with Crippen LogP contribution in [0.1, 0.15) is 12.0 Å². The van der Waals surface area contributed by atoms with Crippen LogP contribution in [0.2, 0.25) is 6.82 Å². The second-order valence-corrected chi connectivity index (χ2v) is 7.09. The molecule has 1 aliphatic rings. The summed E-state index contributed by atoms with van der Waals surface area (Å²) in [4.78, 5) is 16.1. The number of carbonyl (C=O) groups excluding carboxylic acids is 1. The van der Waals surface area contributed by atoms with E-state index in [1.54, 1.807) is 11.6 Å². The van der Waals surface area contributed by atoms with E-state index in [-0.39, 0.29) is 11.9 Å². The highest BCUT2D eigenvalue weighted by Gasteiger charge is 2.39. The fourth-order valence-corrected chi connectivity index (χ4v) is 3.57. The van der Waals surface area contributed by atoms with Gasteiger partial charge in [-0.1, -0.05) is 54.6 Å². The second kappa shape index (κ2) is 7.79.